The fourth-order valence-corrected chi connectivity index (χ4v) is 2.43. The fraction of sp³-hybridized carbons (Fsp3) is 0.286. The Morgan fingerprint density at radius 1 is 1.45 bits per heavy atom. The zero-order valence-electron chi connectivity index (χ0n) is 11.3. The summed E-state index contributed by atoms with van der Waals surface area (Å²) in [5, 5.41) is 6.40. The molecule has 4 nitrogen and oxygen atoms in total. The van der Waals surface area contributed by atoms with Crippen molar-refractivity contribution < 1.29 is 13.7 Å². The van der Waals surface area contributed by atoms with Gasteiger partial charge in [-0.1, -0.05) is 21.1 Å². The highest BCUT2D eigenvalue weighted by Gasteiger charge is 2.23. The van der Waals surface area contributed by atoms with Gasteiger partial charge in [0, 0.05) is 10.0 Å². The predicted molar refractivity (Wildman–Crippen MR) is 77.1 cm³/mol. The number of anilines is 1. The summed E-state index contributed by atoms with van der Waals surface area (Å²) in [4.78, 5) is 12.2. The number of benzene rings is 1. The number of halogens is 2. The molecule has 0 bridgehead atoms. The molecule has 1 N–H and O–H groups in total. The summed E-state index contributed by atoms with van der Waals surface area (Å²) in [6.07, 6.45) is 0. The number of nitrogens with zero attached hydrogens (tertiary/aromatic N) is 1. The zero-order valence-corrected chi connectivity index (χ0v) is 12.9. The Labute approximate surface area is 124 Å². The smallest absolute Gasteiger partial charge is 0.231 e. The van der Waals surface area contributed by atoms with Crippen molar-refractivity contribution in [1.82, 2.24) is 5.16 Å². The van der Waals surface area contributed by atoms with Crippen LogP contribution in [0.1, 0.15) is 29.9 Å². The SMILES string of the molecule is Cc1noc(C)c1[C@@H](C)C(=O)Nc1cc(Br)ccc1F. The average Bonchev–Trinajstić information content (AvgIpc) is 2.72. The largest absolute Gasteiger partial charge is 0.361 e. The van der Waals surface area contributed by atoms with Crippen LogP contribution in [0.3, 0.4) is 0 Å². The van der Waals surface area contributed by atoms with Crippen LogP contribution >= 0.6 is 15.9 Å². The van der Waals surface area contributed by atoms with E-state index in [2.05, 4.69) is 26.4 Å². The van der Waals surface area contributed by atoms with Gasteiger partial charge in [0.25, 0.3) is 0 Å². The van der Waals surface area contributed by atoms with Gasteiger partial charge in [0.1, 0.15) is 11.6 Å². The summed E-state index contributed by atoms with van der Waals surface area (Å²) in [5.41, 5.74) is 1.54. The van der Waals surface area contributed by atoms with Crippen molar-refractivity contribution in [2.45, 2.75) is 26.7 Å². The number of hydrogen-bond donors (Lipinski definition) is 1. The molecule has 2 rings (SSSR count). The van der Waals surface area contributed by atoms with Crippen molar-refractivity contribution in [1.29, 1.82) is 0 Å². The van der Waals surface area contributed by atoms with Crippen LogP contribution < -0.4 is 5.32 Å². The number of carbonyl (C=O) groups is 1. The second kappa shape index (κ2) is 5.75. The Kier molecular flexibility index (Phi) is 4.23. The Morgan fingerprint density at radius 3 is 2.75 bits per heavy atom. The van der Waals surface area contributed by atoms with Crippen LogP contribution in [0.2, 0.25) is 0 Å². The monoisotopic (exact) mass is 340 g/mol. The lowest BCUT2D eigenvalue weighted by molar-refractivity contribution is -0.117. The molecule has 1 aromatic carbocycles. The second-order valence-electron chi connectivity index (χ2n) is 4.57. The van der Waals surface area contributed by atoms with Crippen LogP contribution in [-0.4, -0.2) is 11.1 Å². The van der Waals surface area contributed by atoms with Crippen molar-refractivity contribution >= 4 is 27.5 Å². The predicted octanol–water partition coefficient (Wildman–Crippen LogP) is 3.94. The van der Waals surface area contributed by atoms with E-state index in [0.717, 1.165) is 5.56 Å². The van der Waals surface area contributed by atoms with E-state index >= 15 is 0 Å². The summed E-state index contributed by atoms with van der Waals surface area (Å²) in [6, 6.07) is 4.39. The molecule has 1 atom stereocenters. The minimum absolute atomic E-state index is 0.142. The van der Waals surface area contributed by atoms with Gasteiger partial charge in [0.05, 0.1) is 17.3 Å². The highest BCUT2D eigenvalue weighted by molar-refractivity contribution is 9.10. The fourth-order valence-electron chi connectivity index (χ4n) is 2.07. The number of hydrogen-bond acceptors (Lipinski definition) is 3. The van der Waals surface area contributed by atoms with Crippen LogP contribution in [0, 0.1) is 19.7 Å². The molecule has 0 saturated carbocycles. The van der Waals surface area contributed by atoms with E-state index in [-0.39, 0.29) is 11.6 Å². The summed E-state index contributed by atoms with van der Waals surface area (Å²) in [5.74, 6) is -0.664. The first-order valence-electron chi connectivity index (χ1n) is 6.09. The van der Waals surface area contributed by atoms with Crippen LogP contribution in [0.5, 0.6) is 0 Å². The average molecular weight is 341 g/mol. The lowest BCUT2D eigenvalue weighted by atomic mass is 9.98. The van der Waals surface area contributed by atoms with E-state index in [0.29, 0.717) is 15.9 Å². The van der Waals surface area contributed by atoms with E-state index in [1.807, 2.05) is 0 Å². The van der Waals surface area contributed by atoms with Crippen molar-refractivity contribution in [3.63, 3.8) is 0 Å². The molecule has 106 valence electrons. The summed E-state index contributed by atoms with van der Waals surface area (Å²) < 4.78 is 19.4. The van der Waals surface area contributed by atoms with E-state index in [1.54, 1.807) is 26.8 Å². The number of aromatic nitrogens is 1. The number of carbonyl (C=O) groups excluding carboxylic acids is 1. The third-order valence-electron chi connectivity index (χ3n) is 3.10. The van der Waals surface area contributed by atoms with Gasteiger partial charge in [-0.05, 0) is 39.0 Å². The minimum Gasteiger partial charge on any atom is -0.361 e. The van der Waals surface area contributed by atoms with Gasteiger partial charge in [0.15, 0.2) is 0 Å². The molecule has 0 radical (unpaired) electrons. The minimum atomic E-state index is -0.479. The molecule has 0 saturated heterocycles. The zero-order chi connectivity index (χ0) is 14.9. The third kappa shape index (κ3) is 2.90. The number of amides is 1. The standard InChI is InChI=1S/C14H14BrFN2O2/c1-7(13-8(2)18-20-9(13)3)14(19)17-12-6-10(15)4-5-11(12)16/h4-7H,1-3H3,(H,17,19)/t7-/m1/s1. The van der Waals surface area contributed by atoms with E-state index in [4.69, 9.17) is 4.52 Å². The molecule has 1 heterocycles. The maximum atomic E-state index is 13.6. The normalized spacial score (nSPS) is 12.2. The molecule has 0 unspecified atom stereocenters. The maximum absolute atomic E-state index is 13.6. The Morgan fingerprint density at radius 2 is 2.15 bits per heavy atom. The van der Waals surface area contributed by atoms with Crippen LogP contribution in [0.25, 0.3) is 0 Å². The number of nitrogens with one attached hydrogen (secondary N) is 1. The summed E-state index contributed by atoms with van der Waals surface area (Å²) >= 11 is 3.24. The number of rotatable bonds is 3. The molecule has 2 aromatic rings. The Hall–Kier alpha value is -1.69. The number of aryl methyl sites for hydroxylation is 2. The Bertz CT molecular complexity index is 635. The highest BCUT2D eigenvalue weighted by Crippen LogP contribution is 2.26. The van der Waals surface area contributed by atoms with Gasteiger partial charge in [-0.25, -0.2) is 4.39 Å². The van der Waals surface area contributed by atoms with Gasteiger partial charge >= 0.3 is 0 Å². The lowest BCUT2D eigenvalue weighted by Gasteiger charge is -2.12. The molecule has 0 fully saturated rings. The van der Waals surface area contributed by atoms with Crippen molar-refractivity contribution in [2.75, 3.05) is 5.32 Å². The van der Waals surface area contributed by atoms with E-state index in [9.17, 15) is 9.18 Å². The van der Waals surface area contributed by atoms with Crippen molar-refractivity contribution in [3.05, 3.63) is 45.5 Å². The van der Waals surface area contributed by atoms with Crippen LogP contribution in [0.15, 0.2) is 27.2 Å². The quantitative estimate of drug-likeness (QED) is 0.920. The molecular formula is C14H14BrFN2O2. The van der Waals surface area contributed by atoms with Crippen LogP contribution in [0.4, 0.5) is 10.1 Å². The highest BCUT2D eigenvalue weighted by atomic mass is 79.9. The third-order valence-corrected chi connectivity index (χ3v) is 3.59. The molecule has 1 aromatic heterocycles. The van der Waals surface area contributed by atoms with Gasteiger partial charge in [-0.2, -0.15) is 0 Å². The molecule has 6 heteroatoms. The molecule has 20 heavy (non-hydrogen) atoms. The van der Waals surface area contributed by atoms with Gasteiger partial charge in [-0.15, -0.1) is 0 Å². The second-order valence-corrected chi connectivity index (χ2v) is 5.49. The molecule has 0 aliphatic carbocycles. The molecule has 1 amide bonds. The van der Waals surface area contributed by atoms with Crippen molar-refractivity contribution in [2.24, 2.45) is 0 Å². The van der Waals surface area contributed by atoms with E-state index < -0.39 is 11.7 Å². The Balaban J connectivity index is 2.22. The molecule has 0 aliphatic heterocycles. The first kappa shape index (κ1) is 14.7. The van der Waals surface area contributed by atoms with Gasteiger partial charge < -0.3 is 9.84 Å². The molecular weight excluding hydrogens is 327 g/mol. The maximum Gasteiger partial charge on any atom is 0.231 e. The first-order chi connectivity index (χ1) is 9.40. The molecule has 0 aliphatic rings. The van der Waals surface area contributed by atoms with E-state index in [1.165, 1.54) is 12.1 Å². The molecule has 0 spiro atoms. The van der Waals surface area contributed by atoms with Crippen LogP contribution in [-0.2, 0) is 4.79 Å². The first-order valence-corrected chi connectivity index (χ1v) is 6.88. The summed E-state index contributed by atoms with van der Waals surface area (Å²) in [6.45, 7) is 5.26. The van der Waals surface area contributed by atoms with Gasteiger partial charge in [0.2, 0.25) is 5.91 Å². The lowest BCUT2D eigenvalue weighted by Crippen LogP contribution is -2.20. The van der Waals surface area contributed by atoms with Gasteiger partial charge in [-0.3, -0.25) is 4.79 Å². The summed E-state index contributed by atoms with van der Waals surface area (Å²) in [7, 11) is 0. The van der Waals surface area contributed by atoms with Crippen molar-refractivity contribution in [3.8, 4) is 0 Å². The topological polar surface area (TPSA) is 55.1 Å².